The number of methoxy groups -OCH3 is 1. The number of nitrogens with one attached hydrogen (secondary N) is 1. The lowest BCUT2D eigenvalue weighted by atomic mass is 10.1. The van der Waals surface area contributed by atoms with E-state index in [1.54, 1.807) is 0 Å². The molecule has 0 aliphatic heterocycles. The zero-order chi connectivity index (χ0) is 16.9. The van der Waals surface area contributed by atoms with Crippen molar-refractivity contribution in [2.45, 2.75) is 11.0 Å². The predicted octanol–water partition coefficient (Wildman–Crippen LogP) is 2.26. The van der Waals surface area contributed by atoms with Crippen LogP contribution in [-0.4, -0.2) is 27.0 Å². The largest absolute Gasteiger partial charge is 0.375 e. The summed E-state index contributed by atoms with van der Waals surface area (Å²) in [6.45, 7) is 0.0554. The maximum atomic E-state index is 12.2. The molecule has 122 valence electrons. The molecule has 0 spiro atoms. The predicted molar refractivity (Wildman–Crippen MR) is 84.5 cm³/mol. The number of rotatable bonds is 7. The van der Waals surface area contributed by atoms with Gasteiger partial charge in [0.25, 0.3) is 5.69 Å². The highest BCUT2D eigenvalue weighted by Crippen LogP contribution is 2.18. The summed E-state index contributed by atoms with van der Waals surface area (Å²) in [5, 5.41) is 10.6. The molecule has 0 unspecified atom stereocenters. The summed E-state index contributed by atoms with van der Waals surface area (Å²) in [4.78, 5) is 9.98. The second kappa shape index (κ2) is 7.32. The van der Waals surface area contributed by atoms with E-state index in [-0.39, 0.29) is 17.1 Å². The molecule has 1 atom stereocenters. The molecule has 0 fully saturated rings. The topological polar surface area (TPSA) is 98.5 Å². The lowest BCUT2D eigenvalue weighted by molar-refractivity contribution is -0.384. The number of sulfonamides is 1. The molecule has 0 radical (unpaired) electrons. The molecule has 23 heavy (non-hydrogen) atoms. The molecule has 2 rings (SSSR count). The van der Waals surface area contributed by atoms with Gasteiger partial charge in [0.1, 0.15) is 0 Å². The summed E-state index contributed by atoms with van der Waals surface area (Å²) in [5.74, 6) is 0. The minimum Gasteiger partial charge on any atom is -0.375 e. The molecule has 7 nitrogen and oxygen atoms in total. The van der Waals surface area contributed by atoms with Crippen molar-refractivity contribution in [2.24, 2.45) is 0 Å². The Morgan fingerprint density at radius 3 is 2.26 bits per heavy atom. The maximum absolute atomic E-state index is 12.2. The third-order valence-corrected chi connectivity index (χ3v) is 4.71. The van der Waals surface area contributed by atoms with Crippen LogP contribution in [0.3, 0.4) is 0 Å². The van der Waals surface area contributed by atoms with Gasteiger partial charge in [-0.15, -0.1) is 0 Å². The number of hydrogen-bond acceptors (Lipinski definition) is 5. The van der Waals surface area contributed by atoms with Crippen LogP contribution in [0.25, 0.3) is 0 Å². The van der Waals surface area contributed by atoms with Crippen LogP contribution in [0.1, 0.15) is 11.7 Å². The van der Waals surface area contributed by atoms with Crippen LogP contribution in [0.15, 0.2) is 59.5 Å². The summed E-state index contributed by atoms with van der Waals surface area (Å²) >= 11 is 0. The fourth-order valence-electron chi connectivity index (χ4n) is 2.02. The van der Waals surface area contributed by atoms with Gasteiger partial charge in [-0.1, -0.05) is 30.3 Å². The molecule has 2 aromatic carbocycles. The van der Waals surface area contributed by atoms with Gasteiger partial charge < -0.3 is 4.74 Å². The summed E-state index contributed by atoms with van der Waals surface area (Å²) < 4.78 is 32.2. The van der Waals surface area contributed by atoms with Crippen molar-refractivity contribution in [3.63, 3.8) is 0 Å². The highest BCUT2D eigenvalue weighted by molar-refractivity contribution is 7.89. The van der Waals surface area contributed by atoms with E-state index >= 15 is 0 Å². The van der Waals surface area contributed by atoms with E-state index in [4.69, 9.17) is 4.74 Å². The zero-order valence-electron chi connectivity index (χ0n) is 12.4. The summed E-state index contributed by atoms with van der Waals surface area (Å²) in [5.41, 5.74) is 0.685. The van der Waals surface area contributed by atoms with E-state index in [1.165, 1.54) is 19.2 Å². The monoisotopic (exact) mass is 336 g/mol. The smallest absolute Gasteiger partial charge is 0.269 e. The Kier molecular flexibility index (Phi) is 5.43. The first kappa shape index (κ1) is 17.1. The average molecular weight is 336 g/mol. The van der Waals surface area contributed by atoms with Gasteiger partial charge in [-0.2, -0.15) is 0 Å². The first-order valence-corrected chi connectivity index (χ1v) is 8.24. The molecule has 2 aromatic rings. The fraction of sp³-hybridized carbons (Fsp3) is 0.200. The molecule has 1 N–H and O–H groups in total. The number of nitro groups is 1. The van der Waals surface area contributed by atoms with E-state index in [9.17, 15) is 18.5 Å². The summed E-state index contributed by atoms with van der Waals surface area (Å²) in [6.07, 6.45) is -0.427. The normalized spacial score (nSPS) is 12.7. The Morgan fingerprint density at radius 2 is 1.74 bits per heavy atom. The van der Waals surface area contributed by atoms with Crippen LogP contribution in [0.5, 0.6) is 0 Å². The van der Waals surface area contributed by atoms with Crippen LogP contribution in [0.2, 0.25) is 0 Å². The first-order chi connectivity index (χ1) is 10.9. The van der Waals surface area contributed by atoms with Gasteiger partial charge in [0.2, 0.25) is 10.0 Å². The number of benzene rings is 2. The van der Waals surface area contributed by atoms with E-state index in [1.807, 2.05) is 30.3 Å². The van der Waals surface area contributed by atoms with Gasteiger partial charge in [0.05, 0.1) is 15.9 Å². The number of nitro benzene ring substituents is 1. The highest BCUT2D eigenvalue weighted by Gasteiger charge is 2.18. The van der Waals surface area contributed by atoms with Crippen molar-refractivity contribution in [1.29, 1.82) is 0 Å². The third-order valence-electron chi connectivity index (χ3n) is 3.27. The molecule has 0 heterocycles. The fourth-order valence-corrected chi connectivity index (χ4v) is 3.05. The zero-order valence-corrected chi connectivity index (χ0v) is 13.2. The van der Waals surface area contributed by atoms with Gasteiger partial charge in [0.15, 0.2) is 0 Å². The quantitative estimate of drug-likeness (QED) is 0.618. The second-order valence-electron chi connectivity index (χ2n) is 4.74. The molecule has 0 aromatic heterocycles. The molecule has 0 bridgehead atoms. The van der Waals surface area contributed by atoms with E-state index in [0.717, 1.165) is 17.7 Å². The van der Waals surface area contributed by atoms with Crippen LogP contribution in [-0.2, 0) is 14.8 Å². The molecule has 0 aliphatic rings. The summed E-state index contributed by atoms with van der Waals surface area (Å²) in [7, 11) is -2.27. The van der Waals surface area contributed by atoms with Crippen molar-refractivity contribution in [2.75, 3.05) is 13.7 Å². The van der Waals surface area contributed by atoms with Crippen LogP contribution in [0.4, 0.5) is 5.69 Å². The van der Waals surface area contributed by atoms with E-state index in [2.05, 4.69) is 4.72 Å². The van der Waals surface area contributed by atoms with Gasteiger partial charge in [-0.3, -0.25) is 10.1 Å². The Morgan fingerprint density at radius 1 is 1.13 bits per heavy atom. The average Bonchev–Trinajstić information content (AvgIpc) is 2.56. The number of nitrogens with zero attached hydrogens (tertiary/aromatic N) is 1. The molecule has 0 saturated carbocycles. The van der Waals surface area contributed by atoms with Gasteiger partial charge in [-0.05, 0) is 17.7 Å². The summed E-state index contributed by atoms with van der Waals surface area (Å²) in [6, 6.07) is 13.9. The van der Waals surface area contributed by atoms with Crippen molar-refractivity contribution in [3.05, 3.63) is 70.3 Å². The minimum atomic E-state index is -3.77. The Labute approximate surface area is 134 Å². The molecule has 8 heteroatoms. The van der Waals surface area contributed by atoms with Gasteiger partial charge in [-0.25, -0.2) is 13.1 Å². The maximum Gasteiger partial charge on any atom is 0.269 e. The van der Waals surface area contributed by atoms with Gasteiger partial charge in [0, 0.05) is 25.8 Å². The third kappa shape index (κ3) is 4.35. The lowest BCUT2D eigenvalue weighted by Gasteiger charge is -2.16. The molecular formula is C15H16N2O5S. The molecule has 0 saturated heterocycles. The Bertz CT molecular complexity index is 760. The Balaban J connectivity index is 2.10. The second-order valence-corrected chi connectivity index (χ2v) is 6.50. The Hall–Kier alpha value is -2.29. The number of non-ortho nitro benzene ring substituents is 1. The molecular weight excluding hydrogens is 320 g/mol. The molecule has 0 amide bonds. The van der Waals surface area contributed by atoms with Crippen molar-refractivity contribution >= 4 is 15.7 Å². The number of hydrogen-bond donors (Lipinski definition) is 1. The molecule has 0 aliphatic carbocycles. The SMILES string of the molecule is CO[C@@H](CNS(=O)(=O)c1ccc([N+](=O)[O-])cc1)c1ccccc1. The van der Waals surface area contributed by atoms with E-state index < -0.39 is 21.1 Å². The van der Waals surface area contributed by atoms with Crippen LogP contribution in [0, 0.1) is 10.1 Å². The van der Waals surface area contributed by atoms with E-state index in [0.29, 0.717) is 0 Å². The highest BCUT2D eigenvalue weighted by atomic mass is 32.2. The van der Waals surface area contributed by atoms with Crippen LogP contribution >= 0.6 is 0 Å². The minimum absolute atomic E-state index is 0.0361. The number of ether oxygens (including phenoxy) is 1. The van der Waals surface area contributed by atoms with Crippen molar-refractivity contribution in [3.8, 4) is 0 Å². The first-order valence-electron chi connectivity index (χ1n) is 6.76. The van der Waals surface area contributed by atoms with Crippen LogP contribution < -0.4 is 4.72 Å². The van der Waals surface area contributed by atoms with Crippen molar-refractivity contribution in [1.82, 2.24) is 4.72 Å². The van der Waals surface area contributed by atoms with Crippen molar-refractivity contribution < 1.29 is 18.1 Å². The lowest BCUT2D eigenvalue weighted by Crippen LogP contribution is -2.29. The standard InChI is InChI=1S/C15H16N2O5S/c1-22-15(12-5-3-2-4-6-12)11-16-23(20,21)14-9-7-13(8-10-14)17(18)19/h2-10,15-16H,11H2,1H3/t15-/m0/s1. The van der Waals surface area contributed by atoms with Gasteiger partial charge >= 0.3 is 0 Å².